The Bertz CT molecular complexity index is 1150. The summed E-state index contributed by atoms with van der Waals surface area (Å²) in [5.41, 5.74) is 7.93. The third-order valence-electron chi connectivity index (χ3n) is 7.31. The zero-order valence-corrected chi connectivity index (χ0v) is 22.4. The number of β-amino-alcohol motifs (C(OH)–C–C–N with tert-alkyl or cyclic N) is 1. The Hall–Kier alpha value is -3.72. The van der Waals surface area contributed by atoms with Crippen LogP contribution >= 0.6 is 0 Å². The molecule has 0 unspecified atom stereocenters. The van der Waals surface area contributed by atoms with Crippen LogP contribution in [-0.2, 0) is 25.6 Å². The molecule has 4 amide bonds. The lowest BCUT2D eigenvalue weighted by atomic mass is 9.81. The Morgan fingerprint density at radius 2 is 1.63 bits per heavy atom. The first-order valence-electron chi connectivity index (χ1n) is 12.9. The molecule has 0 spiro atoms. The van der Waals surface area contributed by atoms with Gasteiger partial charge in [0.1, 0.15) is 18.1 Å². The number of aliphatic hydroxyl groups excluding tert-OH is 1. The van der Waals surface area contributed by atoms with Crippen LogP contribution in [0.3, 0.4) is 0 Å². The van der Waals surface area contributed by atoms with Gasteiger partial charge in [-0.05, 0) is 28.5 Å². The lowest BCUT2D eigenvalue weighted by Crippen LogP contribution is -2.59. The number of likely N-dealkylation sites (tertiary alicyclic amines) is 1. The zero-order chi connectivity index (χ0) is 28.0. The summed E-state index contributed by atoms with van der Waals surface area (Å²) in [6.07, 6.45) is -0.107. The molecule has 4 atom stereocenters. The average Bonchev–Trinajstić information content (AvgIpc) is 3.29. The summed E-state index contributed by atoms with van der Waals surface area (Å²) >= 11 is 0. The maximum Gasteiger partial charge on any atom is 0.246 e. The van der Waals surface area contributed by atoms with E-state index in [1.165, 1.54) is 11.8 Å². The van der Waals surface area contributed by atoms with Crippen molar-refractivity contribution in [2.75, 3.05) is 6.54 Å². The third-order valence-corrected chi connectivity index (χ3v) is 7.31. The lowest BCUT2D eigenvalue weighted by molar-refractivity contribution is -0.144. The normalized spacial score (nSPS) is 18.9. The number of hydrogen-bond acceptors (Lipinski definition) is 5. The fourth-order valence-electron chi connectivity index (χ4n) is 4.66. The highest BCUT2D eigenvalue weighted by Gasteiger charge is 2.45. The van der Waals surface area contributed by atoms with E-state index in [4.69, 9.17) is 5.73 Å². The number of carbonyl (C=O) groups excluding carboxylic acids is 4. The summed E-state index contributed by atoms with van der Waals surface area (Å²) in [7, 11) is 0. The fourth-order valence-corrected chi connectivity index (χ4v) is 4.66. The van der Waals surface area contributed by atoms with Gasteiger partial charge >= 0.3 is 0 Å². The molecule has 1 heterocycles. The van der Waals surface area contributed by atoms with Crippen molar-refractivity contribution >= 4 is 23.6 Å². The van der Waals surface area contributed by atoms with Crippen LogP contribution in [0.4, 0.5) is 0 Å². The summed E-state index contributed by atoms with van der Waals surface area (Å²) in [6.45, 7) is 6.92. The van der Waals surface area contributed by atoms with Gasteiger partial charge in [-0.1, -0.05) is 75.4 Å². The highest BCUT2D eigenvalue weighted by Crippen LogP contribution is 2.29. The molecule has 0 saturated carbocycles. The van der Waals surface area contributed by atoms with E-state index >= 15 is 0 Å². The van der Waals surface area contributed by atoms with Gasteiger partial charge in [0.05, 0.1) is 6.10 Å². The number of nitrogens with one attached hydrogen (secondary N) is 2. The molecule has 204 valence electrons. The van der Waals surface area contributed by atoms with E-state index in [1.807, 2.05) is 75.4 Å². The molecule has 0 aromatic heterocycles. The van der Waals surface area contributed by atoms with Crippen molar-refractivity contribution in [3.05, 3.63) is 60.2 Å². The van der Waals surface area contributed by atoms with E-state index < -0.39 is 47.4 Å². The van der Waals surface area contributed by atoms with Crippen molar-refractivity contribution in [3.63, 3.8) is 0 Å². The Balaban J connectivity index is 1.75. The smallest absolute Gasteiger partial charge is 0.246 e. The van der Waals surface area contributed by atoms with Gasteiger partial charge < -0.3 is 26.4 Å². The molecule has 2 aromatic rings. The van der Waals surface area contributed by atoms with Crippen LogP contribution < -0.4 is 16.4 Å². The second-order valence-electron chi connectivity index (χ2n) is 10.6. The number of amides is 4. The van der Waals surface area contributed by atoms with Gasteiger partial charge in [-0.2, -0.15) is 0 Å². The molecule has 3 rings (SSSR count). The van der Waals surface area contributed by atoms with E-state index in [1.54, 1.807) is 0 Å². The number of aliphatic hydroxyl groups is 1. The fraction of sp³-hybridized carbons (Fsp3) is 0.448. The Kier molecular flexibility index (Phi) is 9.27. The van der Waals surface area contributed by atoms with Gasteiger partial charge in [0.2, 0.25) is 23.6 Å². The predicted molar refractivity (Wildman–Crippen MR) is 145 cm³/mol. The first-order chi connectivity index (χ1) is 17.9. The zero-order valence-electron chi connectivity index (χ0n) is 22.4. The first-order valence-corrected chi connectivity index (χ1v) is 12.9. The van der Waals surface area contributed by atoms with Crippen molar-refractivity contribution in [1.82, 2.24) is 15.5 Å². The largest absolute Gasteiger partial charge is 0.391 e. The molecule has 5 N–H and O–H groups in total. The summed E-state index contributed by atoms with van der Waals surface area (Å²) in [5.74, 6) is -2.09. The first kappa shape index (κ1) is 28.8. The topological polar surface area (TPSA) is 142 Å². The molecule has 1 saturated heterocycles. The predicted octanol–water partition coefficient (Wildman–Crippen LogP) is 1.77. The van der Waals surface area contributed by atoms with Gasteiger partial charge in [0.15, 0.2) is 0 Å². The summed E-state index contributed by atoms with van der Waals surface area (Å²) in [6, 6.07) is 14.6. The van der Waals surface area contributed by atoms with Gasteiger partial charge in [-0.15, -0.1) is 0 Å². The lowest BCUT2D eigenvalue weighted by Gasteiger charge is -2.37. The molecule has 1 aliphatic heterocycles. The molecule has 9 heteroatoms. The van der Waals surface area contributed by atoms with Crippen molar-refractivity contribution in [2.45, 2.75) is 71.2 Å². The number of benzene rings is 2. The molecule has 0 aliphatic carbocycles. The van der Waals surface area contributed by atoms with Crippen LogP contribution in [0.15, 0.2) is 54.6 Å². The van der Waals surface area contributed by atoms with Gasteiger partial charge in [0.25, 0.3) is 0 Å². The van der Waals surface area contributed by atoms with E-state index in [0.29, 0.717) is 6.42 Å². The SMILES string of the molecule is CCC(C)(C)[C@H](NC(C)=O)C(=O)N1C[C@H](O)C[C@H]1C(=O)N[C@H](Cc1ccc(-c2ccccc2)cc1)C(N)=O. The number of carbonyl (C=O) groups is 4. The van der Waals surface area contributed by atoms with E-state index in [0.717, 1.165) is 16.7 Å². The minimum atomic E-state index is -1.00. The number of nitrogens with two attached hydrogens (primary N) is 1. The van der Waals surface area contributed by atoms with Crippen LogP contribution in [-0.4, -0.2) is 64.4 Å². The molecule has 0 bridgehead atoms. The van der Waals surface area contributed by atoms with Crippen molar-refractivity contribution in [3.8, 4) is 11.1 Å². The van der Waals surface area contributed by atoms with Crippen LogP contribution in [0, 0.1) is 5.41 Å². The van der Waals surface area contributed by atoms with Crippen LogP contribution in [0.1, 0.15) is 46.1 Å². The Labute approximate surface area is 223 Å². The highest BCUT2D eigenvalue weighted by atomic mass is 16.3. The maximum atomic E-state index is 13.5. The molecular weight excluding hydrogens is 484 g/mol. The van der Waals surface area contributed by atoms with Gasteiger partial charge in [0, 0.05) is 26.3 Å². The summed E-state index contributed by atoms with van der Waals surface area (Å²) < 4.78 is 0. The molecule has 38 heavy (non-hydrogen) atoms. The van der Waals surface area contributed by atoms with E-state index in [2.05, 4.69) is 10.6 Å². The molecule has 0 radical (unpaired) electrons. The molecular formula is C29H38N4O5. The minimum Gasteiger partial charge on any atom is -0.391 e. The van der Waals surface area contributed by atoms with Crippen molar-refractivity contribution in [1.29, 1.82) is 0 Å². The van der Waals surface area contributed by atoms with E-state index in [9.17, 15) is 24.3 Å². The standard InChI is InChI=1S/C29H38N4O5/c1-5-29(3,4)25(31-18(2)34)28(38)33-17-22(35)16-24(33)27(37)32-23(26(30)36)15-19-11-13-21(14-12-19)20-9-7-6-8-10-20/h6-14,22-25,35H,5,15-17H2,1-4H3,(H2,30,36)(H,31,34)(H,32,37)/t22-,23-,24+,25-/m1/s1. The third kappa shape index (κ3) is 6.98. The van der Waals surface area contributed by atoms with Crippen LogP contribution in [0.5, 0.6) is 0 Å². The summed E-state index contributed by atoms with van der Waals surface area (Å²) in [5, 5.41) is 15.7. The number of nitrogens with zero attached hydrogens (tertiary/aromatic N) is 1. The molecule has 9 nitrogen and oxygen atoms in total. The van der Waals surface area contributed by atoms with Crippen molar-refractivity contribution < 1.29 is 24.3 Å². The van der Waals surface area contributed by atoms with Gasteiger partial charge in [-0.25, -0.2) is 0 Å². The van der Waals surface area contributed by atoms with Crippen LogP contribution in [0.2, 0.25) is 0 Å². The minimum absolute atomic E-state index is 0.0220. The number of hydrogen-bond donors (Lipinski definition) is 4. The molecule has 2 aromatic carbocycles. The second-order valence-corrected chi connectivity index (χ2v) is 10.6. The molecule has 1 aliphatic rings. The number of primary amides is 1. The maximum absolute atomic E-state index is 13.5. The average molecular weight is 523 g/mol. The monoisotopic (exact) mass is 522 g/mol. The van der Waals surface area contributed by atoms with E-state index in [-0.39, 0.29) is 25.3 Å². The number of rotatable bonds is 10. The Morgan fingerprint density at radius 1 is 1.03 bits per heavy atom. The van der Waals surface area contributed by atoms with Crippen molar-refractivity contribution in [2.24, 2.45) is 11.1 Å². The Morgan fingerprint density at radius 3 is 2.18 bits per heavy atom. The second kappa shape index (κ2) is 12.2. The van der Waals surface area contributed by atoms with Gasteiger partial charge in [-0.3, -0.25) is 19.2 Å². The summed E-state index contributed by atoms with van der Waals surface area (Å²) in [4.78, 5) is 52.2. The highest BCUT2D eigenvalue weighted by molar-refractivity contribution is 5.94. The quantitative estimate of drug-likeness (QED) is 0.376. The van der Waals surface area contributed by atoms with Crippen LogP contribution in [0.25, 0.3) is 11.1 Å². The molecule has 1 fully saturated rings.